The second-order valence-corrected chi connectivity index (χ2v) is 10.9. The summed E-state index contributed by atoms with van der Waals surface area (Å²) >= 11 is 0. The normalized spacial score (nSPS) is 12.5. The number of alkyl carbamates (subject to hydrolysis) is 1. The molecule has 230 valence electrons. The van der Waals surface area contributed by atoms with E-state index in [-0.39, 0.29) is 38.3 Å². The number of phenolic OH excluding ortho intramolecular Hbond substituents is 1. The Bertz CT molecular complexity index is 1220. The Labute approximate surface area is 247 Å². The van der Waals surface area contributed by atoms with Crippen molar-refractivity contribution in [3.8, 4) is 5.75 Å². The van der Waals surface area contributed by atoms with E-state index >= 15 is 0 Å². The van der Waals surface area contributed by atoms with Gasteiger partial charge < -0.3 is 35.2 Å². The molecule has 0 aliphatic rings. The zero-order valence-electron chi connectivity index (χ0n) is 25.2. The number of carbonyl (C=O) groups excluding carboxylic acids is 4. The van der Waals surface area contributed by atoms with Crippen molar-refractivity contribution in [2.45, 2.75) is 72.1 Å². The summed E-state index contributed by atoms with van der Waals surface area (Å²) < 4.78 is 10.3. The van der Waals surface area contributed by atoms with Crippen molar-refractivity contribution < 1.29 is 38.9 Å². The van der Waals surface area contributed by atoms with Crippen LogP contribution in [-0.4, -0.2) is 76.9 Å². The topological polar surface area (TPSA) is 154 Å². The van der Waals surface area contributed by atoms with E-state index in [1.807, 2.05) is 26.0 Å². The summed E-state index contributed by atoms with van der Waals surface area (Å²) in [6.45, 7) is 9.95. The first-order valence-electron chi connectivity index (χ1n) is 13.9. The highest BCUT2D eigenvalue weighted by Gasteiger charge is 2.37. The molecule has 2 atom stereocenters. The maximum Gasteiger partial charge on any atom is 0.408 e. The van der Waals surface area contributed by atoms with E-state index in [4.69, 9.17) is 9.47 Å². The third kappa shape index (κ3) is 10.7. The Hall–Kier alpha value is -4.12. The molecule has 0 saturated carbocycles. The summed E-state index contributed by atoms with van der Waals surface area (Å²) in [5, 5.41) is 25.1. The average molecular weight is 586 g/mol. The molecule has 0 saturated heterocycles. The van der Waals surface area contributed by atoms with Gasteiger partial charge in [-0.15, -0.1) is 0 Å². The summed E-state index contributed by atoms with van der Waals surface area (Å²) in [6, 6.07) is 9.30. The lowest BCUT2D eigenvalue weighted by atomic mass is 9.95. The molecule has 0 aliphatic carbocycles. The van der Waals surface area contributed by atoms with Gasteiger partial charge in [0, 0.05) is 19.5 Å². The van der Waals surface area contributed by atoms with Gasteiger partial charge >= 0.3 is 12.1 Å². The van der Waals surface area contributed by atoms with E-state index in [1.165, 1.54) is 17.0 Å². The maximum atomic E-state index is 14.2. The van der Waals surface area contributed by atoms with Crippen LogP contribution in [0.2, 0.25) is 0 Å². The van der Waals surface area contributed by atoms with Gasteiger partial charge in [0.25, 0.3) is 0 Å². The molecule has 0 aromatic heterocycles. The van der Waals surface area contributed by atoms with Crippen LogP contribution in [0.4, 0.5) is 4.79 Å². The number of esters is 1. The van der Waals surface area contributed by atoms with Crippen LogP contribution in [0.25, 0.3) is 0 Å². The van der Waals surface area contributed by atoms with E-state index in [9.17, 15) is 29.4 Å². The summed E-state index contributed by atoms with van der Waals surface area (Å²) in [5.41, 5.74) is 1.92. The van der Waals surface area contributed by atoms with Gasteiger partial charge in [0.05, 0.1) is 19.6 Å². The molecule has 3 amide bonds. The van der Waals surface area contributed by atoms with Crippen LogP contribution < -0.4 is 10.6 Å². The number of benzene rings is 2. The number of hydrogen-bond acceptors (Lipinski definition) is 8. The summed E-state index contributed by atoms with van der Waals surface area (Å²) in [4.78, 5) is 53.8. The van der Waals surface area contributed by atoms with Gasteiger partial charge in [-0.1, -0.05) is 35.9 Å². The third-order valence-corrected chi connectivity index (χ3v) is 6.21. The van der Waals surface area contributed by atoms with Crippen molar-refractivity contribution in [2.75, 3.05) is 26.3 Å². The molecule has 0 bridgehead atoms. The molecule has 11 heteroatoms. The van der Waals surface area contributed by atoms with Gasteiger partial charge in [0.1, 0.15) is 23.4 Å². The number of hydrogen-bond donors (Lipinski definition) is 4. The molecule has 0 aliphatic heterocycles. The highest BCUT2D eigenvalue weighted by molar-refractivity contribution is 5.92. The van der Waals surface area contributed by atoms with Crippen molar-refractivity contribution in [3.63, 3.8) is 0 Å². The van der Waals surface area contributed by atoms with Crippen LogP contribution in [-0.2, 0) is 30.3 Å². The molecule has 0 spiro atoms. The zero-order valence-corrected chi connectivity index (χ0v) is 25.2. The number of ether oxygens (including phenoxy) is 2. The molecule has 2 unspecified atom stereocenters. The van der Waals surface area contributed by atoms with E-state index < -0.39 is 48.2 Å². The van der Waals surface area contributed by atoms with E-state index in [1.54, 1.807) is 45.9 Å². The average Bonchev–Trinajstić information content (AvgIpc) is 2.90. The second kappa shape index (κ2) is 15.8. The summed E-state index contributed by atoms with van der Waals surface area (Å²) in [5.74, 6) is -1.62. The largest absolute Gasteiger partial charge is 0.508 e. The van der Waals surface area contributed by atoms with E-state index in [0.29, 0.717) is 11.1 Å². The van der Waals surface area contributed by atoms with E-state index in [0.717, 1.165) is 11.1 Å². The van der Waals surface area contributed by atoms with Crippen LogP contribution in [0, 0.1) is 13.8 Å². The first kappa shape index (κ1) is 34.1. The Kier molecular flexibility index (Phi) is 12.8. The molecule has 0 radical (unpaired) electrons. The van der Waals surface area contributed by atoms with Gasteiger partial charge in [0.2, 0.25) is 11.8 Å². The molecule has 2 aromatic carbocycles. The highest BCUT2D eigenvalue weighted by Crippen LogP contribution is 2.27. The highest BCUT2D eigenvalue weighted by atomic mass is 16.6. The van der Waals surface area contributed by atoms with Gasteiger partial charge in [-0.2, -0.15) is 0 Å². The first-order valence-corrected chi connectivity index (χ1v) is 13.9. The van der Waals surface area contributed by atoms with Crippen molar-refractivity contribution in [1.29, 1.82) is 0 Å². The van der Waals surface area contributed by atoms with Crippen molar-refractivity contribution in [3.05, 3.63) is 64.7 Å². The Balaban J connectivity index is 2.52. The van der Waals surface area contributed by atoms with Crippen LogP contribution in [0.1, 0.15) is 62.4 Å². The van der Waals surface area contributed by atoms with Crippen molar-refractivity contribution in [1.82, 2.24) is 15.5 Å². The van der Waals surface area contributed by atoms with Gasteiger partial charge in [-0.25, -0.2) is 4.79 Å². The predicted octanol–water partition coefficient (Wildman–Crippen LogP) is 3.08. The number of aliphatic hydroxyl groups is 1. The molecule has 2 rings (SSSR count). The standard InChI is InChI=1S/C31H43N3O8/c1-7-41-26(37)14-15-32-28(38)27(24-18-20(2)8-9-21(24)3)34(16-17-35)29(39)25(33-30(40)42-31(4,5)6)19-22-10-12-23(36)13-11-22/h8-13,18,25,27,35-36H,7,14-17,19H2,1-6H3,(H,32,38)(H,33,40). The molecule has 2 aromatic rings. The predicted molar refractivity (Wildman–Crippen MR) is 157 cm³/mol. The van der Waals surface area contributed by atoms with E-state index in [2.05, 4.69) is 10.6 Å². The van der Waals surface area contributed by atoms with Gasteiger partial charge in [-0.3, -0.25) is 14.4 Å². The number of nitrogens with zero attached hydrogens (tertiary/aromatic N) is 1. The smallest absolute Gasteiger partial charge is 0.408 e. The number of nitrogens with one attached hydrogen (secondary N) is 2. The lowest BCUT2D eigenvalue weighted by molar-refractivity contribution is -0.144. The number of phenols is 1. The Morgan fingerprint density at radius 2 is 1.69 bits per heavy atom. The fourth-order valence-corrected chi connectivity index (χ4v) is 4.31. The molecule has 0 fully saturated rings. The minimum absolute atomic E-state index is 0.0181. The van der Waals surface area contributed by atoms with Crippen LogP contribution >= 0.6 is 0 Å². The lowest BCUT2D eigenvalue weighted by Crippen LogP contribution is -2.54. The number of aryl methyl sites for hydroxylation is 2. The molecule has 42 heavy (non-hydrogen) atoms. The van der Waals surface area contributed by atoms with Gasteiger partial charge in [-0.05, 0) is 70.4 Å². The minimum atomic E-state index is -1.19. The minimum Gasteiger partial charge on any atom is -0.508 e. The number of rotatable bonds is 13. The molecule has 11 nitrogen and oxygen atoms in total. The molecular weight excluding hydrogens is 542 g/mol. The number of amides is 3. The quantitative estimate of drug-likeness (QED) is 0.262. The third-order valence-electron chi connectivity index (χ3n) is 6.21. The Morgan fingerprint density at radius 3 is 2.29 bits per heavy atom. The fourth-order valence-electron chi connectivity index (χ4n) is 4.31. The summed E-state index contributed by atoms with van der Waals surface area (Å²) in [7, 11) is 0. The van der Waals surface area contributed by atoms with Crippen molar-refractivity contribution >= 4 is 23.9 Å². The fraction of sp³-hybridized carbons (Fsp3) is 0.484. The molecular formula is C31H43N3O8. The lowest BCUT2D eigenvalue weighted by Gasteiger charge is -2.35. The van der Waals surface area contributed by atoms with Crippen LogP contribution in [0.15, 0.2) is 42.5 Å². The molecule has 0 heterocycles. The van der Waals surface area contributed by atoms with Crippen molar-refractivity contribution in [2.24, 2.45) is 0 Å². The van der Waals surface area contributed by atoms with Crippen LogP contribution in [0.5, 0.6) is 5.75 Å². The first-order chi connectivity index (χ1) is 19.7. The number of aliphatic hydroxyl groups excluding tert-OH is 1. The van der Waals surface area contributed by atoms with Crippen LogP contribution in [0.3, 0.4) is 0 Å². The maximum absolute atomic E-state index is 14.2. The SMILES string of the molecule is CCOC(=O)CCNC(=O)C(c1cc(C)ccc1C)N(CCO)C(=O)C(Cc1ccc(O)cc1)NC(=O)OC(C)(C)C. The monoisotopic (exact) mass is 585 g/mol. The molecule has 4 N–H and O–H groups in total. The summed E-state index contributed by atoms with van der Waals surface area (Å²) in [6.07, 6.45) is -0.869. The zero-order chi connectivity index (χ0) is 31.4. The van der Waals surface area contributed by atoms with Gasteiger partial charge in [0.15, 0.2) is 0 Å². The second-order valence-electron chi connectivity index (χ2n) is 10.9. The number of aromatic hydroxyl groups is 1. The Morgan fingerprint density at radius 1 is 1.02 bits per heavy atom. The number of carbonyl (C=O) groups is 4.